The van der Waals surface area contributed by atoms with Crippen molar-refractivity contribution in [3.8, 4) is 6.07 Å². The second-order valence-corrected chi connectivity index (χ2v) is 7.93. The second kappa shape index (κ2) is 8.90. The van der Waals surface area contributed by atoms with Gasteiger partial charge in [0.25, 0.3) is 0 Å². The Morgan fingerprint density at radius 2 is 1.96 bits per heavy atom. The smallest absolute Gasteiger partial charge is 0.410 e. The standard InChI is InChI=1S/C21H29N3O3/c1-5-23(14-17-10-8-16(13-22)9-11-17)19(25)18-7-6-12-24(15-18)20(26)27-21(2,3)4/h8-11,18H,5-7,12,14-15H2,1-4H3/t18-/m0/s1. The van der Waals surface area contributed by atoms with Gasteiger partial charge < -0.3 is 14.5 Å². The minimum absolute atomic E-state index is 0.0649. The molecule has 2 rings (SSSR count). The summed E-state index contributed by atoms with van der Waals surface area (Å²) in [6.07, 6.45) is 1.22. The van der Waals surface area contributed by atoms with Crippen LogP contribution < -0.4 is 0 Å². The maximum atomic E-state index is 13.0. The molecule has 0 N–H and O–H groups in total. The van der Waals surface area contributed by atoms with Crippen molar-refractivity contribution in [2.24, 2.45) is 5.92 Å². The highest BCUT2D eigenvalue weighted by Crippen LogP contribution is 2.22. The average Bonchev–Trinajstić information content (AvgIpc) is 2.64. The van der Waals surface area contributed by atoms with Gasteiger partial charge in [-0.2, -0.15) is 5.26 Å². The van der Waals surface area contributed by atoms with Gasteiger partial charge in [0.05, 0.1) is 17.6 Å². The molecule has 0 saturated carbocycles. The summed E-state index contributed by atoms with van der Waals surface area (Å²) in [5, 5.41) is 8.90. The van der Waals surface area contributed by atoms with Crippen molar-refractivity contribution in [3.05, 3.63) is 35.4 Å². The summed E-state index contributed by atoms with van der Waals surface area (Å²) >= 11 is 0. The van der Waals surface area contributed by atoms with Gasteiger partial charge in [-0.3, -0.25) is 4.79 Å². The molecule has 0 unspecified atom stereocenters. The lowest BCUT2D eigenvalue weighted by Crippen LogP contribution is -2.47. The first-order chi connectivity index (χ1) is 12.7. The zero-order chi connectivity index (χ0) is 20.0. The Morgan fingerprint density at radius 1 is 1.30 bits per heavy atom. The van der Waals surface area contributed by atoms with E-state index >= 15 is 0 Å². The molecule has 1 aromatic rings. The third kappa shape index (κ3) is 5.99. The molecule has 0 aromatic heterocycles. The number of nitriles is 1. The molecular weight excluding hydrogens is 342 g/mol. The number of ether oxygens (including phenoxy) is 1. The Hall–Kier alpha value is -2.55. The van der Waals surface area contributed by atoms with Crippen molar-refractivity contribution < 1.29 is 14.3 Å². The fourth-order valence-corrected chi connectivity index (χ4v) is 3.18. The molecule has 1 aliphatic rings. The largest absolute Gasteiger partial charge is 0.444 e. The molecule has 6 nitrogen and oxygen atoms in total. The molecule has 0 bridgehead atoms. The predicted molar refractivity (Wildman–Crippen MR) is 103 cm³/mol. The topological polar surface area (TPSA) is 73.6 Å². The van der Waals surface area contributed by atoms with Crippen LogP contribution in [0.4, 0.5) is 4.79 Å². The number of piperidine rings is 1. The summed E-state index contributed by atoms with van der Waals surface area (Å²) in [4.78, 5) is 28.8. The predicted octanol–water partition coefficient (Wildman–Crippen LogP) is 3.55. The molecular formula is C21H29N3O3. The number of hydrogen-bond donors (Lipinski definition) is 0. The van der Waals surface area contributed by atoms with Crippen molar-refractivity contribution >= 4 is 12.0 Å². The van der Waals surface area contributed by atoms with Gasteiger partial charge >= 0.3 is 6.09 Å². The summed E-state index contributed by atoms with van der Waals surface area (Å²) in [5.74, 6) is -0.139. The van der Waals surface area contributed by atoms with E-state index in [0.29, 0.717) is 31.7 Å². The fraction of sp³-hybridized carbons (Fsp3) is 0.571. The molecule has 0 spiro atoms. The molecule has 0 aliphatic carbocycles. The monoisotopic (exact) mass is 371 g/mol. The van der Waals surface area contributed by atoms with E-state index in [1.54, 1.807) is 17.0 Å². The zero-order valence-corrected chi connectivity index (χ0v) is 16.7. The van der Waals surface area contributed by atoms with Crippen molar-refractivity contribution in [1.82, 2.24) is 9.80 Å². The third-order valence-corrected chi connectivity index (χ3v) is 4.57. The quantitative estimate of drug-likeness (QED) is 0.811. The highest BCUT2D eigenvalue weighted by atomic mass is 16.6. The van der Waals surface area contributed by atoms with Gasteiger partial charge in [0.2, 0.25) is 5.91 Å². The highest BCUT2D eigenvalue weighted by molar-refractivity contribution is 5.80. The lowest BCUT2D eigenvalue weighted by molar-refractivity contribution is -0.137. The molecule has 27 heavy (non-hydrogen) atoms. The van der Waals surface area contributed by atoms with Gasteiger partial charge in [0, 0.05) is 26.2 Å². The van der Waals surface area contributed by atoms with Crippen molar-refractivity contribution in [2.75, 3.05) is 19.6 Å². The van der Waals surface area contributed by atoms with Crippen LogP contribution in [0, 0.1) is 17.2 Å². The van der Waals surface area contributed by atoms with Gasteiger partial charge in [-0.25, -0.2) is 4.79 Å². The number of carbonyl (C=O) groups excluding carboxylic acids is 2. The van der Waals surface area contributed by atoms with Crippen LogP contribution in [-0.4, -0.2) is 47.0 Å². The van der Waals surface area contributed by atoms with Gasteiger partial charge in [-0.05, 0) is 58.2 Å². The van der Waals surface area contributed by atoms with E-state index < -0.39 is 5.60 Å². The zero-order valence-electron chi connectivity index (χ0n) is 16.7. The van der Waals surface area contributed by atoms with Gasteiger partial charge in [-0.1, -0.05) is 12.1 Å². The van der Waals surface area contributed by atoms with Crippen molar-refractivity contribution in [3.63, 3.8) is 0 Å². The van der Waals surface area contributed by atoms with Crippen LogP contribution in [0.2, 0.25) is 0 Å². The SMILES string of the molecule is CCN(Cc1ccc(C#N)cc1)C(=O)[C@H]1CCCN(C(=O)OC(C)(C)C)C1. The van der Waals surface area contributed by atoms with Crippen LogP contribution in [0.15, 0.2) is 24.3 Å². The van der Waals surface area contributed by atoms with E-state index in [4.69, 9.17) is 10.00 Å². The Morgan fingerprint density at radius 3 is 2.52 bits per heavy atom. The molecule has 1 aliphatic heterocycles. The van der Waals surface area contributed by atoms with E-state index in [1.807, 2.05) is 44.7 Å². The molecule has 1 heterocycles. The molecule has 6 heteroatoms. The number of likely N-dealkylation sites (tertiary alicyclic amines) is 1. The van der Waals surface area contributed by atoms with E-state index in [9.17, 15) is 9.59 Å². The van der Waals surface area contributed by atoms with Crippen LogP contribution in [-0.2, 0) is 16.1 Å². The van der Waals surface area contributed by atoms with Crippen LogP contribution in [0.25, 0.3) is 0 Å². The summed E-state index contributed by atoms with van der Waals surface area (Å²) in [6.45, 7) is 9.61. The first-order valence-corrected chi connectivity index (χ1v) is 9.49. The number of amides is 2. The van der Waals surface area contributed by atoms with E-state index in [2.05, 4.69) is 6.07 Å². The summed E-state index contributed by atoms with van der Waals surface area (Å²) in [5.41, 5.74) is 1.05. The molecule has 1 aromatic carbocycles. The summed E-state index contributed by atoms with van der Waals surface area (Å²) in [6, 6.07) is 9.38. The van der Waals surface area contributed by atoms with Crippen LogP contribution in [0.5, 0.6) is 0 Å². The van der Waals surface area contributed by atoms with Gasteiger partial charge in [0.1, 0.15) is 5.60 Å². The average molecular weight is 371 g/mol. The molecule has 1 atom stereocenters. The molecule has 146 valence electrons. The molecule has 1 saturated heterocycles. The fourth-order valence-electron chi connectivity index (χ4n) is 3.18. The van der Waals surface area contributed by atoms with Crippen molar-refractivity contribution in [2.45, 2.75) is 52.7 Å². The van der Waals surface area contributed by atoms with Crippen molar-refractivity contribution in [1.29, 1.82) is 5.26 Å². The van der Waals surface area contributed by atoms with Gasteiger partial charge in [0.15, 0.2) is 0 Å². The number of carbonyl (C=O) groups is 2. The van der Waals surface area contributed by atoms with E-state index in [-0.39, 0.29) is 17.9 Å². The maximum absolute atomic E-state index is 13.0. The third-order valence-electron chi connectivity index (χ3n) is 4.57. The molecule has 2 amide bonds. The van der Waals surface area contributed by atoms with E-state index in [1.165, 1.54) is 0 Å². The lowest BCUT2D eigenvalue weighted by atomic mass is 9.96. The molecule has 0 radical (unpaired) electrons. The Labute approximate surface area is 161 Å². The number of nitrogens with zero attached hydrogens (tertiary/aromatic N) is 3. The Balaban J connectivity index is 2.00. The normalized spacial score (nSPS) is 17.1. The summed E-state index contributed by atoms with van der Waals surface area (Å²) < 4.78 is 5.45. The minimum atomic E-state index is -0.543. The Kier molecular flexibility index (Phi) is 6.84. The first kappa shape index (κ1) is 20.8. The first-order valence-electron chi connectivity index (χ1n) is 9.49. The lowest BCUT2D eigenvalue weighted by Gasteiger charge is -2.35. The summed E-state index contributed by atoms with van der Waals surface area (Å²) in [7, 11) is 0. The van der Waals surface area contributed by atoms with Crippen LogP contribution in [0.3, 0.4) is 0 Å². The van der Waals surface area contributed by atoms with Crippen LogP contribution in [0.1, 0.15) is 51.7 Å². The Bertz CT molecular complexity index is 701. The molecule has 1 fully saturated rings. The van der Waals surface area contributed by atoms with E-state index in [0.717, 1.165) is 18.4 Å². The highest BCUT2D eigenvalue weighted by Gasteiger charge is 2.32. The second-order valence-electron chi connectivity index (χ2n) is 7.93. The van der Waals surface area contributed by atoms with Gasteiger partial charge in [-0.15, -0.1) is 0 Å². The maximum Gasteiger partial charge on any atom is 0.410 e. The number of hydrogen-bond acceptors (Lipinski definition) is 4. The number of rotatable bonds is 4. The van der Waals surface area contributed by atoms with Crippen LogP contribution >= 0.6 is 0 Å². The number of benzene rings is 1. The minimum Gasteiger partial charge on any atom is -0.444 e.